The second-order valence-electron chi connectivity index (χ2n) is 2.91. The molecule has 1 rings (SSSR count). The molecule has 0 saturated carbocycles. The van der Waals surface area contributed by atoms with E-state index in [-0.39, 0.29) is 23.1 Å². The molecule has 0 radical (unpaired) electrons. The van der Waals surface area contributed by atoms with Crippen LogP contribution in [0.3, 0.4) is 0 Å². The molecule has 0 unspecified atom stereocenters. The highest BCUT2D eigenvalue weighted by Crippen LogP contribution is 2.15. The van der Waals surface area contributed by atoms with Crippen molar-refractivity contribution in [3.8, 4) is 0 Å². The fourth-order valence-electron chi connectivity index (χ4n) is 1.07. The molecule has 1 heterocycles. The minimum Gasteiger partial charge on any atom is -0.396 e. The molecule has 5 nitrogen and oxygen atoms in total. The lowest BCUT2D eigenvalue weighted by Crippen LogP contribution is -2.15. The van der Waals surface area contributed by atoms with Crippen LogP contribution in [-0.2, 0) is 14.6 Å². The van der Waals surface area contributed by atoms with Gasteiger partial charge in [0.05, 0.1) is 18.0 Å². The van der Waals surface area contributed by atoms with E-state index >= 15 is 0 Å². The molecule has 0 bridgehead atoms. The van der Waals surface area contributed by atoms with Gasteiger partial charge in [0, 0.05) is 12.8 Å². The zero-order chi connectivity index (χ0) is 11.3. The number of ether oxygens (including phenoxy) is 1. The molecule has 1 aromatic heterocycles. The van der Waals surface area contributed by atoms with Crippen molar-refractivity contribution < 1.29 is 13.2 Å². The highest BCUT2D eigenvalue weighted by atomic mass is 32.2. The predicted octanol–water partition coefficient (Wildman–Crippen LogP) is 0.474. The van der Waals surface area contributed by atoms with Crippen LogP contribution in [0.2, 0.25) is 0 Å². The van der Waals surface area contributed by atoms with Crippen molar-refractivity contribution >= 4 is 15.5 Å². The summed E-state index contributed by atoms with van der Waals surface area (Å²) in [4.78, 5) is 3.76. The fraction of sp³-hybridized carbons (Fsp3) is 0.444. The predicted molar refractivity (Wildman–Crippen MR) is 57.2 cm³/mol. The van der Waals surface area contributed by atoms with Gasteiger partial charge < -0.3 is 10.5 Å². The zero-order valence-electron chi connectivity index (χ0n) is 8.51. The summed E-state index contributed by atoms with van der Waals surface area (Å²) < 4.78 is 28.4. The van der Waals surface area contributed by atoms with E-state index in [1.807, 2.05) is 6.92 Å². The second-order valence-corrected chi connectivity index (χ2v) is 4.94. The van der Waals surface area contributed by atoms with E-state index in [1.165, 1.54) is 12.3 Å². The van der Waals surface area contributed by atoms with Crippen LogP contribution in [-0.4, -0.2) is 32.4 Å². The Morgan fingerprint density at radius 2 is 2.27 bits per heavy atom. The molecule has 1 aromatic rings. The van der Waals surface area contributed by atoms with Crippen molar-refractivity contribution in [3.05, 3.63) is 18.3 Å². The van der Waals surface area contributed by atoms with Crippen LogP contribution in [0.25, 0.3) is 0 Å². The van der Waals surface area contributed by atoms with Gasteiger partial charge in [-0.25, -0.2) is 13.4 Å². The Kier molecular flexibility index (Phi) is 4.05. The quantitative estimate of drug-likeness (QED) is 0.744. The van der Waals surface area contributed by atoms with E-state index in [9.17, 15) is 8.42 Å². The Morgan fingerprint density at radius 3 is 2.87 bits per heavy atom. The molecule has 0 fully saturated rings. The van der Waals surface area contributed by atoms with Gasteiger partial charge in [0.1, 0.15) is 0 Å². The van der Waals surface area contributed by atoms with Gasteiger partial charge >= 0.3 is 0 Å². The summed E-state index contributed by atoms with van der Waals surface area (Å²) in [5.41, 5.74) is 5.70. The molecule has 2 N–H and O–H groups in total. The summed E-state index contributed by atoms with van der Waals surface area (Å²) in [5.74, 6) is -0.0952. The minimum atomic E-state index is -3.42. The number of nitrogens with zero attached hydrogens (tertiary/aromatic N) is 1. The monoisotopic (exact) mass is 230 g/mol. The summed E-state index contributed by atoms with van der Waals surface area (Å²) in [6.45, 7) is 2.46. The highest BCUT2D eigenvalue weighted by Gasteiger charge is 2.18. The number of nitrogens with two attached hydrogens (primary N) is 1. The third-order valence-electron chi connectivity index (χ3n) is 1.80. The van der Waals surface area contributed by atoms with Gasteiger partial charge in [-0.3, -0.25) is 0 Å². The number of aromatic nitrogens is 1. The van der Waals surface area contributed by atoms with E-state index < -0.39 is 9.84 Å². The van der Waals surface area contributed by atoms with Crippen LogP contribution in [0, 0.1) is 0 Å². The minimum absolute atomic E-state index is 0.0651. The van der Waals surface area contributed by atoms with E-state index in [0.29, 0.717) is 6.61 Å². The zero-order valence-corrected chi connectivity index (χ0v) is 9.33. The van der Waals surface area contributed by atoms with Crippen LogP contribution in [0.5, 0.6) is 0 Å². The molecule has 0 spiro atoms. The van der Waals surface area contributed by atoms with Crippen LogP contribution in [0.4, 0.5) is 5.69 Å². The summed E-state index contributed by atoms with van der Waals surface area (Å²) in [6.07, 6.45) is 1.41. The Labute approximate surface area is 89.2 Å². The Morgan fingerprint density at radius 1 is 1.53 bits per heavy atom. The molecule has 0 saturated heterocycles. The maximum absolute atomic E-state index is 11.7. The van der Waals surface area contributed by atoms with Crippen molar-refractivity contribution in [1.29, 1.82) is 0 Å². The maximum Gasteiger partial charge on any atom is 0.199 e. The van der Waals surface area contributed by atoms with Gasteiger partial charge in [0.2, 0.25) is 0 Å². The van der Waals surface area contributed by atoms with Crippen LogP contribution in [0.15, 0.2) is 23.4 Å². The largest absolute Gasteiger partial charge is 0.396 e. The summed E-state index contributed by atoms with van der Waals surface area (Å²) in [6, 6.07) is 3.11. The molecule has 0 amide bonds. The fourth-order valence-corrected chi connectivity index (χ4v) is 2.25. The van der Waals surface area contributed by atoms with Crippen molar-refractivity contribution in [2.24, 2.45) is 0 Å². The summed E-state index contributed by atoms with van der Waals surface area (Å²) in [7, 11) is -3.42. The highest BCUT2D eigenvalue weighted by molar-refractivity contribution is 7.91. The van der Waals surface area contributed by atoms with Gasteiger partial charge in [0.25, 0.3) is 0 Å². The Hall–Kier alpha value is -1.14. The molecule has 6 heteroatoms. The molecule has 0 aliphatic heterocycles. The lowest BCUT2D eigenvalue weighted by atomic mass is 10.4. The molecule has 0 aromatic carbocycles. The molecule has 0 atom stereocenters. The number of pyridine rings is 1. The molecule has 84 valence electrons. The van der Waals surface area contributed by atoms with E-state index in [1.54, 1.807) is 6.07 Å². The molecule has 0 aliphatic rings. The summed E-state index contributed by atoms with van der Waals surface area (Å²) >= 11 is 0. The van der Waals surface area contributed by atoms with Crippen LogP contribution in [0.1, 0.15) is 6.92 Å². The first-order valence-corrected chi connectivity index (χ1v) is 6.24. The SMILES string of the molecule is CCOCCS(=O)(=O)c1ncccc1N. The van der Waals surface area contributed by atoms with E-state index in [4.69, 9.17) is 10.5 Å². The number of rotatable bonds is 5. The second kappa shape index (κ2) is 5.09. The van der Waals surface area contributed by atoms with Gasteiger partial charge in [0.15, 0.2) is 14.9 Å². The van der Waals surface area contributed by atoms with Crippen molar-refractivity contribution in [2.75, 3.05) is 24.7 Å². The van der Waals surface area contributed by atoms with Gasteiger partial charge in [-0.1, -0.05) is 0 Å². The Bertz CT molecular complexity index is 417. The third-order valence-corrected chi connectivity index (χ3v) is 3.43. The Balaban J connectivity index is 2.83. The molecule has 0 aliphatic carbocycles. The molecule has 15 heavy (non-hydrogen) atoms. The average Bonchev–Trinajstić information content (AvgIpc) is 2.18. The number of hydrogen-bond acceptors (Lipinski definition) is 5. The van der Waals surface area contributed by atoms with E-state index in [0.717, 1.165) is 0 Å². The van der Waals surface area contributed by atoms with Crippen molar-refractivity contribution in [1.82, 2.24) is 4.98 Å². The van der Waals surface area contributed by atoms with Crippen LogP contribution >= 0.6 is 0 Å². The number of hydrogen-bond donors (Lipinski definition) is 1. The topological polar surface area (TPSA) is 82.3 Å². The lowest BCUT2D eigenvalue weighted by Gasteiger charge is -2.05. The van der Waals surface area contributed by atoms with E-state index in [2.05, 4.69) is 4.98 Å². The first-order chi connectivity index (χ1) is 7.08. The van der Waals surface area contributed by atoms with Crippen LogP contribution < -0.4 is 5.73 Å². The first-order valence-electron chi connectivity index (χ1n) is 4.59. The normalized spacial score (nSPS) is 11.5. The number of anilines is 1. The average molecular weight is 230 g/mol. The lowest BCUT2D eigenvalue weighted by molar-refractivity contribution is 0.163. The third kappa shape index (κ3) is 3.17. The molecular weight excluding hydrogens is 216 g/mol. The maximum atomic E-state index is 11.7. The molecular formula is C9H14N2O3S. The smallest absolute Gasteiger partial charge is 0.199 e. The first kappa shape index (κ1) is 11.9. The van der Waals surface area contributed by atoms with Gasteiger partial charge in [-0.2, -0.15) is 0 Å². The van der Waals surface area contributed by atoms with Crippen molar-refractivity contribution in [2.45, 2.75) is 11.9 Å². The standard InChI is InChI=1S/C9H14N2O3S/c1-2-14-6-7-15(12,13)9-8(10)4-3-5-11-9/h3-5H,2,6-7,10H2,1H3. The number of nitrogen functional groups attached to an aromatic ring is 1. The van der Waals surface area contributed by atoms with Gasteiger partial charge in [-0.05, 0) is 19.1 Å². The van der Waals surface area contributed by atoms with Crippen molar-refractivity contribution in [3.63, 3.8) is 0 Å². The number of sulfone groups is 1. The van der Waals surface area contributed by atoms with Gasteiger partial charge in [-0.15, -0.1) is 0 Å². The summed E-state index contributed by atoms with van der Waals surface area (Å²) in [5, 5.41) is -0.0651.